The standard InChI is InChI=1S/C13H11FN2O3S/c1-8-15-16-13(19-8)20-7-10-4-9(2-3-12(17)18)5-11(14)6-10/h2-6H,7H2,1H3,(H,17,18). The third-order valence-corrected chi connectivity index (χ3v) is 3.16. The van der Waals surface area contributed by atoms with Crippen molar-refractivity contribution in [2.45, 2.75) is 17.9 Å². The van der Waals surface area contributed by atoms with Crippen molar-refractivity contribution in [3.8, 4) is 0 Å². The minimum Gasteiger partial charge on any atom is -0.478 e. The highest BCUT2D eigenvalue weighted by Crippen LogP contribution is 2.22. The summed E-state index contributed by atoms with van der Waals surface area (Å²) >= 11 is 1.29. The highest BCUT2D eigenvalue weighted by atomic mass is 32.2. The third-order valence-electron chi connectivity index (χ3n) is 2.27. The molecule has 1 N–H and O–H groups in total. The van der Waals surface area contributed by atoms with E-state index in [2.05, 4.69) is 10.2 Å². The second-order valence-electron chi connectivity index (χ2n) is 3.94. The molecule has 1 heterocycles. The monoisotopic (exact) mass is 294 g/mol. The molecule has 0 aliphatic carbocycles. The average Bonchev–Trinajstić information content (AvgIpc) is 2.79. The molecule has 0 aliphatic rings. The van der Waals surface area contributed by atoms with Crippen molar-refractivity contribution in [1.29, 1.82) is 0 Å². The molecule has 104 valence electrons. The summed E-state index contributed by atoms with van der Waals surface area (Å²) in [6.45, 7) is 1.69. The average molecular weight is 294 g/mol. The van der Waals surface area contributed by atoms with E-state index < -0.39 is 11.8 Å². The molecular formula is C13H11FN2O3S. The first-order valence-corrected chi connectivity index (χ1v) is 6.65. The van der Waals surface area contributed by atoms with Crippen molar-refractivity contribution in [2.24, 2.45) is 0 Å². The molecule has 0 spiro atoms. The first kappa shape index (κ1) is 14.3. The molecule has 0 unspecified atom stereocenters. The Bertz CT molecular complexity index is 655. The quantitative estimate of drug-likeness (QED) is 0.675. The number of hydrogen-bond acceptors (Lipinski definition) is 5. The van der Waals surface area contributed by atoms with Gasteiger partial charge >= 0.3 is 5.97 Å². The molecule has 0 atom stereocenters. The van der Waals surface area contributed by atoms with Crippen LogP contribution in [0.1, 0.15) is 17.0 Å². The lowest BCUT2D eigenvalue weighted by molar-refractivity contribution is -0.131. The summed E-state index contributed by atoms with van der Waals surface area (Å²) in [5, 5.41) is 16.5. The summed E-state index contributed by atoms with van der Waals surface area (Å²) in [6.07, 6.45) is 2.31. The molecule has 1 aromatic heterocycles. The van der Waals surface area contributed by atoms with Crippen LogP contribution in [-0.4, -0.2) is 21.3 Å². The highest BCUT2D eigenvalue weighted by molar-refractivity contribution is 7.98. The van der Waals surface area contributed by atoms with Gasteiger partial charge in [0, 0.05) is 18.8 Å². The molecule has 2 aromatic rings. The first-order valence-electron chi connectivity index (χ1n) is 5.66. The minimum absolute atomic E-state index is 0.411. The van der Waals surface area contributed by atoms with Crippen molar-refractivity contribution in [3.63, 3.8) is 0 Å². The molecule has 0 amide bonds. The fraction of sp³-hybridized carbons (Fsp3) is 0.154. The molecule has 7 heteroatoms. The van der Waals surface area contributed by atoms with Gasteiger partial charge < -0.3 is 9.52 Å². The Morgan fingerprint density at radius 2 is 2.25 bits per heavy atom. The number of hydrogen-bond donors (Lipinski definition) is 1. The normalized spacial score (nSPS) is 11.1. The predicted molar refractivity (Wildman–Crippen MR) is 71.7 cm³/mol. The van der Waals surface area contributed by atoms with Crippen LogP contribution >= 0.6 is 11.8 Å². The van der Waals surface area contributed by atoms with Gasteiger partial charge in [-0.1, -0.05) is 17.8 Å². The van der Waals surface area contributed by atoms with Gasteiger partial charge in [0.2, 0.25) is 5.89 Å². The summed E-state index contributed by atoms with van der Waals surface area (Å²) in [5.74, 6) is -0.578. The SMILES string of the molecule is Cc1nnc(SCc2cc(F)cc(C=CC(=O)O)c2)o1. The lowest BCUT2D eigenvalue weighted by Crippen LogP contribution is -1.89. The molecule has 0 bridgehead atoms. The maximum atomic E-state index is 13.4. The highest BCUT2D eigenvalue weighted by Gasteiger charge is 2.05. The first-order chi connectivity index (χ1) is 9.52. The Kier molecular flexibility index (Phi) is 4.52. The molecule has 0 saturated carbocycles. The zero-order valence-corrected chi connectivity index (χ0v) is 11.4. The number of halogens is 1. The topological polar surface area (TPSA) is 76.2 Å². The van der Waals surface area contributed by atoms with Gasteiger partial charge in [0.25, 0.3) is 5.22 Å². The maximum Gasteiger partial charge on any atom is 0.328 e. The van der Waals surface area contributed by atoms with Crippen LogP contribution < -0.4 is 0 Å². The summed E-state index contributed by atoms with van der Waals surface area (Å²) < 4.78 is 18.6. The Labute approximate surface area is 118 Å². The van der Waals surface area contributed by atoms with Crippen LogP contribution in [0.5, 0.6) is 0 Å². The Hall–Kier alpha value is -2.15. The van der Waals surface area contributed by atoms with Crippen LogP contribution in [0.4, 0.5) is 4.39 Å². The summed E-state index contributed by atoms with van der Waals surface area (Å²) in [5.41, 5.74) is 1.20. The Morgan fingerprint density at radius 1 is 1.45 bits per heavy atom. The molecule has 20 heavy (non-hydrogen) atoms. The number of aryl methyl sites for hydroxylation is 1. The van der Waals surface area contributed by atoms with E-state index in [0.717, 1.165) is 6.08 Å². The second kappa shape index (κ2) is 6.33. The van der Waals surface area contributed by atoms with Crippen LogP contribution in [0, 0.1) is 12.7 Å². The fourth-order valence-electron chi connectivity index (χ4n) is 1.50. The van der Waals surface area contributed by atoms with Crippen molar-refractivity contribution >= 4 is 23.8 Å². The molecule has 0 fully saturated rings. The van der Waals surface area contributed by atoms with E-state index >= 15 is 0 Å². The maximum absolute atomic E-state index is 13.4. The van der Waals surface area contributed by atoms with E-state index in [0.29, 0.717) is 28.0 Å². The number of aliphatic carboxylic acids is 1. The van der Waals surface area contributed by atoms with Gasteiger partial charge in [-0.15, -0.1) is 10.2 Å². The zero-order chi connectivity index (χ0) is 14.5. The summed E-state index contributed by atoms with van der Waals surface area (Å²) in [6, 6.07) is 4.36. The predicted octanol–water partition coefficient (Wildman–Crippen LogP) is 2.91. The molecule has 1 aromatic carbocycles. The van der Waals surface area contributed by atoms with E-state index in [1.807, 2.05) is 0 Å². The van der Waals surface area contributed by atoms with Crippen molar-refractivity contribution in [2.75, 3.05) is 0 Å². The van der Waals surface area contributed by atoms with Gasteiger partial charge in [0.15, 0.2) is 0 Å². The van der Waals surface area contributed by atoms with E-state index in [1.54, 1.807) is 13.0 Å². The number of carbonyl (C=O) groups is 1. The van der Waals surface area contributed by atoms with Gasteiger partial charge in [-0.3, -0.25) is 0 Å². The van der Waals surface area contributed by atoms with Crippen LogP contribution in [0.2, 0.25) is 0 Å². The van der Waals surface area contributed by atoms with Crippen LogP contribution in [-0.2, 0) is 10.5 Å². The summed E-state index contributed by atoms with van der Waals surface area (Å²) in [4.78, 5) is 10.4. The van der Waals surface area contributed by atoms with Crippen molar-refractivity contribution in [1.82, 2.24) is 10.2 Å². The van der Waals surface area contributed by atoms with Crippen LogP contribution in [0.25, 0.3) is 6.08 Å². The second-order valence-corrected chi connectivity index (χ2v) is 4.87. The fourth-order valence-corrected chi connectivity index (χ4v) is 2.24. The number of rotatable bonds is 5. The molecule has 5 nitrogen and oxygen atoms in total. The van der Waals surface area contributed by atoms with Crippen LogP contribution in [0.3, 0.4) is 0 Å². The Morgan fingerprint density at radius 3 is 2.90 bits per heavy atom. The lowest BCUT2D eigenvalue weighted by Gasteiger charge is -2.01. The van der Waals surface area contributed by atoms with Gasteiger partial charge in [-0.2, -0.15) is 0 Å². The number of nitrogens with zero attached hydrogens (tertiary/aromatic N) is 2. The van der Waals surface area contributed by atoms with Gasteiger partial charge in [-0.05, 0) is 29.3 Å². The summed E-state index contributed by atoms with van der Waals surface area (Å²) in [7, 11) is 0. The number of thioether (sulfide) groups is 1. The van der Waals surface area contributed by atoms with Gasteiger partial charge in [-0.25, -0.2) is 9.18 Å². The van der Waals surface area contributed by atoms with E-state index in [1.165, 1.54) is 30.0 Å². The lowest BCUT2D eigenvalue weighted by atomic mass is 10.1. The zero-order valence-electron chi connectivity index (χ0n) is 10.5. The van der Waals surface area contributed by atoms with E-state index in [-0.39, 0.29) is 0 Å². The van der Waals surface area contributed by atoms with E-state index in [9.17, 15) is 9.18 Å². The minimum atomic E-state index is -1.08. The molecule has 0 saturated heterocycles. The largest absolute Gasteiger partial charge is 0.478 e. The van der Waals surface area contributed by atoms with Gasteiger partial charge in [0.1, 0.15) is 5.82 Å². The number of benzene rings is 1. The third kappa shape index (κ3) is 4.20. The smallest absolute Gasteiger partial charge is 0.328 e. The molecule has 0 radical (unpaired) electrons. The molecule has 2 rings (SSSR count). The number of carboxylic acids is 1. The number of carboxylic acid groups (broad SMARTS) is 1. The number of aromatic nitrogens is 2. The van der Waals surface area contributed by atoms with Crippen molar-refractivity contribution < 1.29 is 18.7 Å². The molecule has 0 aliphatic heterocycles. The van der Waals surface area contributed by atoms with E-state index in [4.69, 9.17) is 9.52 Å². The Balaban J connectivity index is 2.09. The molecular weight excluding hydrogens is 283 g/mol. The van der Waals surface area contributed by atoms with Gasteiger partial charge in [0.05, 0.1) is 0 Å². The van der Waals surface area contributed by atoms with Crippen LogP contribution in [0.15, 0.2) is 33.9 Å². The van der Waals surface area contributed by atoms with Crippen molar-refractivity contribution in [3.05, 3.63) is 47.1 Å².